The number of aliphatic hydroxyl groups is 1. The van der Waals surface area contributed by atoms with Gasteiger partial charge in [0.25, 0.3) is 0 Å². The first-order valence-corrected chi connectivity index (χ1v) is 25.2. The molecule has 398 valence electrons. The molecule has 23 heteroatoms. The molecule has 3 heterocycles. The molecular weight excluding hydrogens is 943 g/mol. The highest BCUT2D eigenvalue weighted by molar-refractivity contribution is 5.98. The first kappa shape index (κ1) is 56.9. The van der Waals surface area contributed by atoms with Crippen LogP contribution in [0.3, 0.4) is 0 Å². The average molecular weight is 1020 g/mol. The zero-order valence-corrected chi connectivity index (χ0v) is 41.3. The van der Waals surface area contributed by atoms with Crippen molar-refractivity contribution in [1.82, 2.24) is 41.3 Å². The third-order valence-electron chi connectivity index (χ3n) is 13.3. The molecule has 23 nitrogen and oxygen atoms in total. The van der Waals surface area contributed by atoms with Crippen LogP contribution in [0.2, 0.25) is 0 Å². The lowest BCUT2D eigenvalue weighted by Gasteiger charge is -2.33. The number of hydrogen-bond acceptors (Lipinski definition) is 13. The number of nitrogens with two attached hydrogens (primary N) is 4. The zero-order valence-electron chi connectivity index (χ0n) is 41.3. The number of aldehydes is 1. The molecule has 0 spiro atoms. The van der Waals surface area contributed by atoms with Crippen LogP contribution in [0.4, 0.5) is 0 Å². The fourth-order valence-electron chi connectivity index (χ4n) is 9.49. The molecule has 0 unspecified atom stereocenters. The van der Waals surface area contributed by atoms with Gasteiger partial charge in [-0.15, -0.1) is 0 Å². The van der Waals surface area contributed by atoms with Crippen LogP contribution < -0.4 is 49.5 Å². The first-order valence-electron chi connectivity index (χ1n) is 25.2. The van der Waals surface area contributed by atoms with Crippen molar-refractivity contribution in [1.29, 1.82) is 0 Å². The number of benzene rings is 2. The lowest BCUT2D eigenvalue weighted by molar-refractivity contribution is -0.148. The minimum absolute atomic E-state index is 0.0359. The predicted molar refractivity (Wildman–Crippen MR) is 269 cm³/mol. The van der Waals surface area contributed by atoms with E-state index < -0.39 is 109 Å². The van der Waals surface area contributed by atoms with Gasteiger partial charge in [0, 0.05) is 32.6 Å². The maximum absolute atomic E-state index is 14.2. The van der Waals surface area contributed by atoms with E-state index in [0.717, 1.165) is 5.56 Å². The molecular formula is C50H73N13O10. The molecule has 8 amide bonds. The first-order chi connectivity index (χ1) is 35.1. The number of nitrogens with zero attached hydrogens (tertiary/aromatic N) is 4. The van der Waals surface area contributed by atoms with Crippen molar-refractivity contribution in [3.05, 3.63) is 71.8 Å². The Kier molecular flexibility index (Phi) is 22.5. The maximum Gasteiger partial charge on any atom is 0.248 e. The molecule has 0 aliphatic carbocycles. The van der Waals surface area contributed by atoms with Gasteiger partial charge in [0.15, 0.2) is 5.96 Å². The highest BCUT2D eigenvalue weighted by atomic mass is 16.3. The lowest BCUT2D eigenvalue weighted by atomic mass is 10.0. The Morgan fingerprint density at radius 1 is 0.658 bits per heavy atom. The van der Waals surface area contributed by atoms with Gasteiger partial charge in [-0.3, -0.25) is 43.3 Å². The van der Waals surface area contributed by atoms with E-state index in [2.05, 4.69) is 31.6 Å². The fourth-order valence-corrected chi connectivity index (χ4v) is 9.49. The summed E-state index contributed by atoms with van der Waals surface area (Å²) in [4.78, 5) is 130. The van der Waals surface area contributed by atoms with Gasteiger partial charge in [-0.1, -0.05) is 67.1 Å². The molecule has 8 atom stereocenters. The summed E-state index contributed by atoms with van der Waals surface area (Å²) < 4.78 is 0. The van der Waals surface area contributed by atoms with Gasteiger partial charge in [0.05, 0.1) is 25.2 Å². The van der Waals surface area contributed by atoms with Crippen molar-refractivity contribution < 1.29 is 48.3 Å². The van der Waals surface area contributed by atoms with Crippen molar-refractivity contribution in [2.45, 2.75) is 132 Å². The number of carbonyl (C=O) groups excluding carboxylic acids is 9. The predicted octanol–water partition coefficient (Wildman–Crippen LogP) is -2.80. The molecule has 5 rings (SSSR count). The summed E-state index contributed by atoms with van der Waals surface area (Å²) in [5.74, 6) is -5.03. The van der Waals surface area contributed by atoms with E-state index in [4.69, 9.17) is 22.9 Å². The summed E-state index contributed by atoms with van der Waals surface area (Å²) in [6.07, 6.45) is 5.35. The molecule has 0 bridgehead atoms. The van der Waals surface area contributed by atoms with Crippen LogP contribution >= 0.6 is 0 Å². The number of aliphatic hydroxyl groups excluding tert-OH is 1. The minimum atomic E-state index is -1.49. The quantitative estimate of drug-likeness (QED) is 0.0187. The van der Waals surface area contributed by atoms with Crippen LogP contribution in [0.25, 0.3) is 0 Å². The maximum atomic E-state index is 14.2. The number of carbonyl (C=O) groups is 9. The summed E-state index contributed by atoms with van der Waals surface area (Å²) in [6, 6.07) is 9.45. The van der Waals surface area contributed by atoms with Gasteiger partial charge in [-0.05, 0) is 88.3 Å². The fraction of sp³-hybridized carbons (Fsp3) is 0.560. The Hall–Kier alpha value is -6.98. The lowest BCUT2D eigenvalue weighted by Crippen LogP contribution is -2.59. The van der Waals surface area contributed by atoms with E-state index in [1.807, 2.05) is 30.3 Å². The molecule has 2 aromatic carbocycles. The Morgan fingerprint density at radius 2 is 1.22 bits per heavy atom. The van der Waals surface area contributed by atoms with Crippen LogP contribution in [0.5, 0.6) is 0 Å². The van der Waals surface area contributed by atoms with Gasteiger partial charge >= 0.3 is 0 Å². The number of aliphatic imine (C=N–C) groups is 1. The summed E-state index contributed by atoms with van der Waals surface area (Å²) in [7, 11) is 0. The Bertz CT molecular complexity index is 2230. The van der Waals surface area contributed by atoms with Crippen LogP contribution in [-0.2, 0) is 56.0 Å². The van der Waals surface area contributed by atoms with Crippen LogP contribution in [-0.4, -0.2) is 174 Å². The minimum Gasteiger partial charge on any atom is -0.394 e. The largest absolute Gasteiger partial charge is 0.394 e. The summed E-state index contributed by atoms with van der Waals surface area (Å²) >= 11 is 0. The molecule has 0 aromatic heterocycles. The monoisotopic (exact) mass is 1020 g/mol. The van der Waals surface area contributed by atoms with Crippen molar-refractivity contribution >= 4 is 59.5 Å². The second-order valence-corrected chi connectivity index (χ2v) is 18.7. The van der Waals surface area contributed by atoms with E-state index in [1.165, 1.54) is 14.7 Å². The number of likely N-dealkylation sites (tertiary alicyclic amines) is 3. The zero-order chi connectivity index (χ0) is 52.9. The van der Waals surface area contributed by atoms with Crippen molar-refractivity contribution in [2.75, 3.05) is 45.9 Å². The van der Waals surface area contributed by atoms with Gasteiger partial charge in [-0.25, -0.2) is 0 Å². The van der Waals surface area contributed by atoms with Gasteiger partial charge < -0.3 is 74.1 Å². The topological polar surface area (TPSA) is 360 Å². The molecule has 3 aliphatic rings. The highest BCUT2D eigenvalue weighted by Gasteiger charge is 2.44. The van der Waals surface area contributed by atoms with E-state index in [-0.39, 0.29) is 57.8 Å². The van der Waals surface area contributed by atoms with Gasteiger partial charge in [-0.2, -0.15) is 0 Å². The molecule has 3 fully saturated rings. The van der Waals surface area contributed by atoms with Gasteiger partial charge in [0.2, 0.25) is 47.3 Å². The molecule has 0 radical (unpaired) electrons. The van der Waals surface area contributed by atoms with E-state index in [1.54, 1.807) is 30.3 Å². The number of guanidine groups is 1. The Balaban J connectivity index is 1.19. The van der Waals surface area contributed by atoms with E-state index >= 15 is 0 Å². The molecule has 2 aromatic rings. The Morgan fingerprint density at radius 3 is 1.82 bits per heavy atom. The third kappa shape index (κ3) is 16.8. The summed E-state index contributed by atoms with van der Waals surface area (Å²) in [6.45, 7) is -0.143. The van der Waals surface area contributed by atoms with Crippen LogP contribution in [0, 0.1) is 0 Å². The van der Waals surface area contributed by atoms with E-state index in [0.29, 0.717) is 76.2 Å². The molecule has 3 saturated heterocycles. The number of hydrogen-bond donors (Lipinski definition) is 10. The summed E-state index contributed by atoms with van der Waals surface area (Å²) in [5, 5.41) is 23.6. The second kappa shape index (κ2) is 28.9. The van der Waals surface area contributed by atoms with Gasteiger partial charge in [0.1, 0.15) is 42.5 Å². The molecule has 73 heavy (non-hydrogen) atoms. The van der Waals surface area contributed by atoms with Crippen molar-refractivity contribution in [2.24, 2.45) is 27.9 Å². The standard InChI is InChI=1S/C50H73N13O10/c51-22-8-7-17-35(52)43(67)59-36(18-9-23-55-50(53)54)47(71)63-26-12-21-41(63)49(73)62-25-10-19-39(62)45(69)56-29-42(66)58-37(28-33-15-5-2-6-16-33)44(68)60-38(31-65)48(72)61-24-11-20-40(61)46(70)57-34(30-64)27-32-13-3-1-4-14-32/h1-6,13-16,30,34-41,65H,7-12,17-29,31,51-52H2,(H,56,69)(H,57,70)(H,58,66)(H,59,67)(H,60,68)(H4,53,54,55)/t34-,35-,36-,37-,38-,39-,40-,41-/m0/s1. The number of unbranched alkanes of at least 4 members (excludes halogenated alkanes) is 1. The molecule has 0 saturated carbocycles. The number of amides is 8. The highest BCUT2D eigenvalue weighted by Crippen LogP contribution is 2.26. The second-order valence-electron chi connectivity index (χ2n) is 18.7. The van der Waals surface area contributed by atoms with Crippen molar-refractivity contribution in [3.63, 3.8) is 0 Å². The van der Waals surface area contributed by atoms with Crippen molar-refractivity contribution in [3.8, 4) is 0 Å². The summed E-state index contributed by atoms with van der Waals surface area (Å²) in [5.41, 5.74) is 24.2. The Labute approximate surface area is 425 Å². The number of rotatable bonds is 27. The van der Waals surface area contributed by atoms with Crippen LogP contribution in [0.15, 0.2) is 65.7 Å². The molecule has 14 N–H and O–H groups in total. The number of nitrogens with one attached hydrogen (secondary N) is 5. The smallest absolute Gasteiger partial charge is 0.248 e. The third-order valence-corrected chi connectivity index (χ3v) is 13.3. The normalized spacial score (nSPS) is 19.4. The average Bonchev–Trinajstić information content (AvgIpc) is 4.20. The van der Waals surface area contributed by atoms with E-state index in [9.17, 15) is 48.3 Å². The molecule has 3 aliphatic heterocycles. The SMILES string of the molecule is NCCCC[C@H](N)C(=O)N[C@@H](CCCN=C(N)N)C(=O)N1CCC[C@H]1C(=O)N1CCC[C@H]1C(=O)NCC(=O)N[C@@H](Cc1ccccc1)C(=O)N[C@@H](CO)C(=O)N1CCC[C@H]1C(=O)N[C@H](C=O)Cc1ccccc1. The van der Waals surface area contributed by atoms with Crippen LogP contribution in [0.1, 0.15) is 81.8 Å².